The van der Waals surface area contributed by atoms with E-state index in [1.54, 1.807) is 6.20 Å². The van der Waals surface area contributed by atoms with Gasteiger partial charge in [-0.05, 0) is 37.4 Å². The average molecular weight is 302 g/mol. The van der Waals surface area contributed by atoms with Gasteiger partial charge in [0.1, 0.15) is 0 Å². The standard InChI is InChI=1S/C16H18N2O2S/c1-3-18(11-12-7-4-5-10-17-12)13-8-6-9-14(21-2)15(13)16(19)20/h4-10H,3,11H2,1-2H3,(H,19,20). The van der Waals surface area contributed by atoms with Crippen LogP contribution < -0.4 is 4.90 Å². The van der Waals surface area contributed by atoms with Crippen LogP contribution >= 0.6 is 11.8 Å². The Balaban J connectivity index is 2.40. The van der Waals surface area contributed by atoms with E-state index in [1.165, 1.54) is 11.8 Å². The molecule has 0 fully saturated rings. The van der Waals surface area contributed by atoms with Gasteiger partial charge in [-0.2, -0.15) is 0 Å². The second-order valence-electron chi connectivity index (χ2n) is 4.49. The number of benzene rings is 1. The number of aromatic nitrogens is 1. The van der Waals surface area contributed by atoms with Crippen LogP contribution in [-0.4, -0.2) is 28.9 Å². The van der Waals surface area contributed by atoms with Crippen LogP contribution in [0.25, 0.3) is 0 Å². The van der Waals surface area contributed by atoms with Crippen molar-refractivity contribution in [3.05, 3.63) is 53.9 Å². The Hall–Kier alpha value is -2.01. The number of carbonyl (C=O) groups is 1. The van der Waals surface area contributed by atoms with E-state index in [-0.39, 0.29) is 0 Å². The quantitative estimate of drug-likeness (QED) is 0.827. The van der Waals surface area contributed by atoms with E-state index in [9.17, 15) is 9.90 Å². The van der Waals surface area contributed by atoms with E-state index >= 15 is 0 Å². The van der Waals surface area contributed by atoms with Crippen molar-refractivity contribution in [2.45, 2.75) is 18.4 Å². The molecule has 2 rings (SSSR count). The number of hydrogen-bond acceptors (Lipinski definition) is 4. The van der Waals surface area contributed by atoms with Crippen LogP contribution in [-0.2, 0) is 6.54 Å². The van der Waals surface area contributed by atoms with Crippen LogP contribution in [0, 0.1) is 0 Å². The smallest absolute Gasteiger partial charge is 0.338 e. The molecule has 1 aromatic heterocycles. The van der Waals surface area contributed by atoms with Crippen molar-refractivity contribution in [3.63, 3.8) is 0 Å². The van der Waals surface area contributed by atoms with Gasteiger partial charge in [0.2, 0.25) is 0 Å². The number of thioether (sulfide) groups is 1. The third-order valence-corrected chi connectivity index (χ3v) is 4.02. The highest BCUT2D eigenvalue weighted by Gasteiger charge is 2.19. The van der Waals surface area contributed by atoms with Crippen molar-refractivity contribution in [2.75, 3.05) is 17.7 Å². The summed E-state index contributed by atoms with van der Waals surface area (Å²) in [4.78, 5) is 18.7. The van der Waals surface area contributed by atoms with Crippen LogP contribution in [0.15, 0.2) is 47.5 Å². The van der Waals surface area contributed by atoms with Gasteiger partial charge in [-0.15, -0.1) is 11.8 Å². The second-order valence-corrected chi connectivity index (χ2v) is 5.34. The lowest BCUT2D eigenvalue weighted by Gasteiger charge is -2.25. The van der Waals surface area contributed by atoms with Gasteiger partial charge in [-0.3, -0.25) is 4.98 Å². The van der Waals surface area contributed by atoms with Gasteiger partial charge >= 0.3 is 5.97 Å². The van der Waals surface area contributed by atoms with Crippen molar-refractivity contribution >= 4 is 23.4 Å². The van der Waals surface area contributed by atoms with E-state index in [0.717, 1.165) is 16.3 Å². The number of rotatable bonds is 6. The molecule has 110 valence electrons. The first-order chi connectivity index (χ1) is 10.2. The summed E-state index contributed by atoms with van der Waals surface area (Å²) in [6.07, 6.45) is 3.64. The first-order valence-corrected chi connectivity index (χ1v) is 7.95. The first kappa shape index (κ1) is 15.4. The molecule has 0 bridgehead atoms. The number of hydrogen-bond donors (Lipinski definition) is 1. The Morgan fingerprint density at radius 2 is 2.10 bits per heavy atom. The molecule has 1 heterocycles. The highest BCUT2D eigenvalue weighted by atomic mass is 32.2. The summed E-state index contributed by atoms with van der Waals surface area (Å²) in [6, 6.07) is 11.3. The predicted molar refractivity (Wildman–Crippen MR) is 86.1 cm³/mol. The summed E-state index contributed by atoms with van der Waals surface area (Å²) < 4.78 is 0. The van der Waals surface area contributed by atoms with Crippen molar-refractivity contribution in [1.29, 1.82) is 0 Å². The average Bonchev–Trinajstić information content (AvgIpc) is 2.52. The molecule has 21 heavy (non-hydrogen) atoms. The van der Waals surface area contributed by atoms with Crippen LogP contribution in [0.4, 0.5) is 5.69 Å². The van der Waals surface area contributed by atoms with E-state index in [2.05, 4.69) is 4.98 Å². The molecule has 0 amide bonds. The van der Waals surface area contributed by atoms with Gasteiger partial charge in [0.05, 0.1) is 23.5 Å². The third kappa shape index (κ3) is 3.55. The molecule has 0 aliphatic rings. The topological polar surface area (TPSA) is 53.4 Å². The summed E-state index contributed by atoms with van der Waals surface area (Å²) in [5.41, 5.74) is 2.02. The minimum Gasteiger partial charge on any atom is -0.478 e. The molecule has 0 spiro atoms. The second kappa shape index (κ2) is 7.13. The Morgan fingerprint density at radius 1 is 1.29 bits per heavy atom. The molecule has 0 saturated heterocycles. The molecule has 0 aliphatic heterocycles. The number of pyridine rings is 1. The molecule has 0 unspecified atom stereocenters. The largest absolute Gasteiger partial charge is 0.478 e. The summed E-state index contributed by atoms with van der Waals surface area (Å²) in [6.45, 7) is 3.32. The highest BCUT2D eigenvalue weighted by molar-refractivity contribution is 7.98. The monoisotopic (exact) mass is 302 g/mol. The van der Waals surface area contributed by atoms with E-state index in [1.807, 2.05) is 54.5 Å². The first-order valence-electron chi connectivity index (χ1n) is 6.72. The van der Waals surface area contributed by atoms with Gasteiger partial charge in [0.15, 0.2) is 0 Å². The zero-order valence-electron chi connectivity index (χ0n) is 12.1. The molecule has 0 saturated carbocycles. The Bertz CT molecular complexity index is 617. The maximum absolute atomic E-state index is 11.6. The van der Waals surface area contributed by atoms with E-state index in [0.29, 0.717) is 18.7 Å². The Kier molecular flexibility index (Phi) is 5.22. The lowest BCUT2D eigenvalue weighted by atomic mass is 10.1. The molecule has 5 heteroatoms. The maximum Gasteiger partial charge on any atom is 0.338 e. The molecular formula is C16H18N2O2S. The lowest BCUT2D eigenvalue weighted by Crippen LogP contribution is -2.25. The molecule has 0 radical (unpaired) electrons. The van der Waals surface area contributed by atoms with Crippen LogP contribution in [0.2, 0.25) is 0 Å². The van der Waals surface area contributed by atoms with Gasteiger partial charge in [-0.25, -0.2) is 4.79 Å². The van der Waals surface area contributed by atoms with Crippen LogP contribution in [0.5, 0.6) is 0 Å². The van der Waals surface area contributed by atoms with Gasteiger partial charge in [0, 0.05) is 17.6 Å². The van der Waals surface area contributed by atoms with Crippen molar-refractivity contribution < 1.29 is 9.90 Å². The molecule has 4 nitrogen and oxygen atoms in total. The van der Waals surface area contributed by atoms with Crippen LogP contribution in [0.3, 0.4) is 0 Å². The zero-order chi connectivity index (χ0) is 15.2. The molecule has 0 atom stereocenters. The van der Waals surface area contributed by atoms with E-state index in [4.69, 9.17) is 0 Å². The summed E-state index contributed by atoms with van der Waals surface area (Å²) in [7, 11) is 0. The van der Waals surface area contributed by atoms with E-state index < -0.39 is 5.97 Å². The van der Waals surface area contributed by atoms with Crippen molar-refractivity contribution in [1.82, 2.24) is 4.98 Å². The number of carboxylic acids is 1. The highest BCUT2D eigenvalue weighted by Crippen LogP contribution is 2.30. The summed E-state index contributed by atoms with van der Waals surface area (Å²) in [5.74, 6) is -0.894. The minimum absolute atomic E-state index is 0.364. The Morgan fingerprint density at radius 3 is 2.67 bits per heavy atom. The van der Waals surface area contributed by atoms with Gasteiger partial charge in [-0.1, -0.05) is 12.1 Å². The summed E-state index contributed by atoms with van der Waals surface area (Å²) >= 11 is 1.45. The minimum atomic E-state index is -0.894. The fourth-order valence-corrected chi connectivity index (χ4v) is 2.83. The fourth-order valence-electron chi connectivity index (χ4n) is 2.22. The zero-order valence-corrected chi connectivity index (χ0v) is 12.9. The normalized spacial score (nSPS) is 10.4. The number of anilines is 1. The molecule has 0 aliphatic carbocycles. The van der Waals surface area contributed by atoms with Crippen LogP contribution in [0.1, 0.15) is 23.0 Å². The van der Waals surface area contributed by atoms with Crippen molar-refractivity contribution in [2.24, 2.45) is 0 Å². The Labute approximate surface area is 128 Å². The lowest BCUT2D eigenvalue weighted by molar-refractivity contribution is 0.0694. The van der Waals surface area contributed by atoms with Gasteiger partial charge < -0.3 is 10.0 Å². The molecular weight excluding hydrogens is 284 g/mol. The number of nitrogens with zero attached hydrogens (tertiary/aromatic N) is 2. The molecule has 1 aromatic carbocycles. The number of aromatic carboxylic acids is 1. The summed E-state index contributed by atoms with van der Waals surface area (Å²) in [5, 5.41) is 9.53. The molecule has 1 N–H and O–H groups in total. The number of carboxylic acid groups (broad SMARTS) is 1. The van der Waals surface area contributed by atoms with Crippen molar-refractivity contribution in [3.8, 4) is 0 Å². The SMILES string of the molecule is CCN(Cc1ccccn1)c1cccc(SC)c1C(=O)O. The molecule has 2 aromatic rings. The van der Waals surface area contributed by atoms with Gasteiger partial charge in [0.25, 0.3) is 0 Å². The maximum atomic E-state index is 11.6. The fraction of sp³-hybridized carbons (Fsp3) is 0.250. The third-order valence-electron chi connectivity index (χ3n) is 3.24. The predicted octanol–water partition coefficient (Wildman–Crippen LogP) is 3.53.